The van der Waals surface area contributed by atoms with Gasteiger partial charge in [-0.1, -0.05) is 43.2 Å². The third kappa shape index (κ3) is 9.36. The average molecular weight is 580 g/mol. The van der Waals surface area contributed by atoms with E-state index in [2.05, 4.69) is 10.2 Å². The molecule has 12 heteroatoms. The van der Waals surface area contributed by atoms with Gasteiger partial charge in [-0.3, -0.25) is 14.9 Å². The SMILES string of the molecule is CCOC(=O)C(CCc1ccccc1)NC(C)C(=O)N1C(C(=O)OCCSCCO[N+](=O)[O-])CC2CCCCC21. The minimum absolute atomic E-state index is 0.0249. The molecule has 1 aromatic rings. The Morgan fingerprint density at radius 2 is 1.85 bits per heavy atom. The smallest absolute Gasteiger partial charge is 0.328 e. The Labute approximate surface area is 239 Å². The van der Waals surface area contributed by atoms with Gasteiger partial charge in [0.25, 0.3) is 5.09 Å². The maximum Gasteiger partial charge on any atom is 0.328 e. The molecule has 1 amide bonds. The van der Waals surface area contributed by atoms with E-state index in [1.54, 1.807) is 18.7 Å². The van der Waals surface area contributed by atoms with Crippen molar-refractivity contribution in [3.8, 4) is 0 Å². The van der Waals surface area contributed by atoms with Gasteiger partial charge in [-0.25, -0.2) is 4.79 Å². The molecule has 1 N–H and O–H groups in total. The van der Waals surface area contributed by atoms with Crippen LogP contribution in [-0.4, -0.2) is 83.3 Å². The second-order valence-corrected chi connectivity index (χ2v) is 11.4. The van der Waals surface area contributed by atoms with Crippen molar-refractivity contribution in [2.24, 2.45) is 5.92 Å². The molecule has 2 fully saturated rings. The number of nitrogens with one attached hydrogen (secondary N) is 1. The van der Waals surface area contributed by atoms with Crippen LogP contribution in [0, 0.1) is 16.0 Å². The highest BCUT2D eigenvalue weighted by atomic mass is 32.2. The number of carbonyl (C=O) groups excluding carboxylic acids is 3. The number of likely N-dealkylation sites (tertiary alicyclic amines) is 1. The van der Waals surface area contributed by atoms with E-state index in [0.29, 0.717) is 30.8 Å². The van der Waals surface area contributed by atoms with Gasteiger partial charge in [0.15, 0.2) is 0 Å². The zero-order valence-electron chi connectivity index (χ0n) is 23.3. The van der Waals surface area contributed by atoms with E-state index in [-0.39, 0.29) is 37.7 Å². The second-order valence-electron chi connectivity index (χ2n) is 10.2. The molecule has 0 spiro atoms. The summed E-state index contributed by atoms with van der Waals surface area (Å²) in [6.07, 6.45) is 5.58. The number of fused-ring (bicyclic) bond motifs is 1. The summed E-state index contributed by atoms with van der Waals surface area (Å²) >= 11 is 1.39. The lowest BCUT2D eigenvalue weighted by molar-refractivity contribution is -0.756. The molecule has 2 aliphatic rings. The third-order valence-electron chi connectivity index (χ3n) is 7.47. The molecule has 1 heterocycles. The van der Waals surface area contributed by atoms with Crippen molar-refractivity contribution in [3.63, 3.8) is 0 Å². The molecule has 5 atom stereocenters. The van der Waals surface area contributed by atoms with Crippen molar-refractivity contribution in [3.05, 3.63) is 46.0 Å². The Morgan fingerprint density at radius 1 is 1.12 bits per heavy atom. The third-order valence-corrected chi connectivity index (χ3v) is 8.38. The summed E-state index contributed by atoms with van der Waals surface area (Å²) < 4.78 is 10.8. The fraction of sp³-hybridized carbons (Fsp3) is 0.679. The lowest BCUT2D eigenvalue weighted by Crippen LogP contribution is -2.56. The lowest BCUT2D eigenvalue weighted by atomic mass is 9.84. The molecule has 1 saturated heterocycles. The van der Waals surface area contributed by atoms with E-state index < -0.39 is 35.2 Å². The van der Waals surface area contributed by atoms with Crippen LogP contribution >= 0.6 is 11.8 Å². The molecule has 3 rings (SSSR count). The van der Waals surface area contributed by atoms with Gasteiger partial charge in [0.1, 0.15) is 25.3 Å². The van der Waals surface area contributed by atoms with Gasteiger partial charge in [0, 0.05) is 17.5 Å². The van der Waals surface area contributed by atoms with Crippen molar-refractivity contribution < 1.29 is 33.8 Å². The number of benzene rings is 1. The summed E-state index contributed by atoms with van der Waals surface area (Å²) in [6.45, 7) is 3.86. The molecule has 5 unspecified atom stereocenters. The Kier molecular flexibility index (Phi) is 13.0. The number of aryl methyl sites for hydroxylation is 1. The van der Waals surface area contributed by atoms with E-state index in [9.17, 15) is 24.5 Å². The Bertz CT molecular complexity index is 982. The van der Waals surface area contributed by atoms with Crippen molar-refractivity contribution >= 4 is 29.6 Å². The van der Waals surface area contributed by atoms with E-state index in [0.717, 1.165) is 31.2 Å². The number of amides is 1. The Morgan fingerprint density at radius 3 is 2.58 bits per heavy atom. The maximum absolute atomic E-state index is 13.8. The number of hydrogen-bond donors (Lipinski definition) is 1. The van der Waals surface area contributed by atoms with Crippen LogP contribution in [0.3, 0.4) is 0 Å². The molecule has 1 aromatic carbocycles. The molecular weight excluding hydrogens is 538 g/mol. The van der Waals surface area contributed by atoms with Crippen LogP contribution in [0.15, 0.2) is 30.3 Å². The monoisotopic (exact) mass is 579 g/mol. The van der Waals surface area contributed by atoms with Gasteiger partial charge < -0.3 is 19.2 Å². The number of carbonyl (C=O) groups is 3. The van der Waals surface area contributed by atoms with E-state index in [4.69, 9.17) is 9.47 Å². The molecule has 0 radical (unpaired) electrons. The van der Waals surface area contributed by atoms with Crippen LogP contribution in [0.5, 0.6) is 0 Å². The summed E-state index contributed by atoms with van der Waals surface area (Å²) in [5, 5.41) is 12.6. The highest BCUT2D eigenvalue weighted by Crippen LogP contribution is 2.40. The van der Waals surface area contributed by atoms with Gasteiger partial charge in [0.05, 0.1) is 12.6 Å². The zero-order chi connectivity index (χ0) is 28.9. The largest absolute Gasteiger partial charge is 0.465 e. The number of ether oxygens (including phenoxy) is 2. The van der Waals surface area contributed by atoms with Crippen molar-refractivity contribution in [1.82, 2.24) is 10.2 Å². The highest BCUT2D eigenvalue weighted by molar-refractivity contribution is 7.99. The van der Waals surface area contributed by atoms with Gasteiger partial charge in [-0.15, -0.1) is 10.1 Å². The number of nitrogens with zero attached hydrogens (tertiary/aromatic N) is 2. The predicted molar refractivity (Wildman–Crippen MR) is 150 cm³/mol. The van der Waals surface area contributed by atoms with Crippen LogP contribution in [0.1, 0.15) is 57.9 Å². The van der Waals surface area contributed by atoms with Gasteiger partial charge >= 0.3 is 11.9 Å². The quantitative estimate of drug-likeness (QED) is 0.135. The fourth-order valence-corrected chi connectivity index (χ4v) is 6.22. The standard InChI is InChI=1S/C28H41N3O8S/c1-3-37-27(33)23(14-13-21-9-5-4-6-10-21)29-20(2)26(32)30-24-12-8-7-11-22(24)19-25(30)28(34)38-15-17-40-18-16-39-31(35)36/h4-6,9-10,20,22-25,29H,3,7-8,11-19H2,1-2H3. The number of hydrogen-bond acceptors (Lipinski definition) is 10. The summed E-state index contributed by atoms with van der Waals surface area (Å²) in [7, 11) is 0. The minimum Gasteiger partial charge on any atom is -0.465 e. The number of thioether (sulfide) groups is 1. The number of rotatable bonds is 16. The normalized spacial score (nSPS) is 21.6. The summed E-state index contributed by atoms with van der Waals surface area (Å²) in [5.74, 6) is 0.0918. The van der Waals surface area contributed by atoms with Crippen LogP contribution < -0.4 is 5.32 Å². The van der Waals surface area contributed by atoms with E-state index in [1.807, 2.05) is 30.3 Å². The summed E-state index contributed by atoms with van der Waals surface area (Å²) in [4.78, 5) is 56.0. The fourth-order valence-electron chi connectivity index (χ4n) is 5.62. The van der Waals surface area contributed by atoms with Crippen molar-refractivity contribution in [2.45, 2.75) is 83.0 Å². The predicted octanol–water partition coefficient (Wildman–Crippen LogP) is 3.17. The maximum atomic E-state index is 13.8. The van der Waals surface area contributed by atoms with Gasteiger partial charge in [-0.2, -0.15) is 11.8 Å². The Hall–Kier alpha value is -2.86. The molecular formula is C28H41N3O8S. The first-order valence-electron chi connectivity index (χ1n) is 14.1. The average Bonchev–Trinajstić information content (AvgIpc) is 3.34. The molecule has 0 bridgehead atoms. The summed E-state index contributed by atoms with van der Waals surface area (Å²) in [5.41, 5.74) is 1.09. The topological polar surface area (TPSA) is 137 Å². The molecule has 1 saturated carbocycles. The Balaban J connectivity index is 1.61. The van der Waals surface area contributed by atoms with Crippen LogP contribution in [0.25, 0.3) is 0 Å². The molecule has 0 aromatic heterocycles. The summed E-state index contributed by atoms with van der Waals surface area (Å²) in [6, 6.07) is 7.78. The van der Waals surface area contributed by atoms with Gasteiger partial charge in [-0.05, 0) is 57.4 Å². The molecule has 40 heavy (non-hydrogen) atoms. The first-order chi connectivity index (χ1) is 19.3. The van der Waals surface area contributed by atoms with Crippen molar-refractivity contribution in [2.75, 3.05) is 31.3 Å². The number of esters is 2. The molecule has 222 valence electrons. The zero-order valence-corrected chi connectivity index (χ0v) is 24.1. The molecule has 1 aliphatic carbocycles. The van der Waals surface area contributed by atoms with Crippen molar-refractivity contribution in [1.29, 1.82) is 0 Å². The van der Waals surface area contributed by atoms with Gasteiger partial charge in [0.2, 0.25) is 5.91 Å². The first kappa shape index (κ1) is 31.7. The highest BCUT2D eigenvalue weighted by Gasteiger charge is 2.49. The lowest BCUT2D eigenvalue weighted by Gasteiger charge is -2.35. The molecule has 1 aliphatic heterocycles. The van der Waals surface area contributed by atoms with Crippen LogP contribution in [-0.2, 0) is 35.1 Å². The van der Waals surface area contributed by atoms with E-state index in [1.165, 1.54) is 11.8 Å². The first-order valence-corrected chi connectivity index (χ1v) is 15.3. The molecule has 11 nitrogen and oxygen atoms in total. The van der Waals surface area contributed by atoms with E-state index >= 15 is 0 Å². The van der Waals surface area contributed by atoms with Crippen LogP contribution in [0.4, 0.5) is 0 Å². The second kappa shape index (κ2) is 16.4. The van der Waals surface area contributed by atoms with Crippen LogP contribution in [0.2, 0.25) is 0 Å². The minimum atomic E-state index is -0.834.